The highest BCUT2D eigenvalue weighted by atomic mass is 16.3. The molecule has 150 valence electrons. The van der Waals surface area contributed by atoms with Gasteiger partial charge in [0.15, 0.2) is 0 Å². The topological polar surface area (TPSA) is 125 Å². The summed E-state index contributed by atoms with van der Waals surface area (Å²) in [5.41, 5.74) is 0. The Balaban J connectivity index is -0.000000317. The zero-order chi connectivity index (χ0) is 19.8. The van der Waals surface area contributed by atoms with Gasteiger partial charge in [-0.1, -0.05) is 0 Å². The lowest BCUT2D eigenvalue weighted by Crippen LogP contribution is -2.50. The second-order valence-electron chi connectivity index (χ2n) is 5.40. The molecule has 0 aromatic heterocycles. The molecule has 0 bridgehead atoms. The highest BCUT2D eigenvalue weighted by Crippen LogP contribution is 1.98. The van der Waals surface area contributed by atoms with Crippen LogP contribution < -0.4 is 10.6 Å². The van der Waals surface area contributed by atoms with Gasteiger partial charge in [0.25, 0.3) is 0 Å². The highest BCUT2D eigenvalue weighted by molar-refractivity contribution is 5.92. The van der Waals surface area contributed by atoms with Gasteiger partial charge in [-0.15, -0.1) is 0 Å². The van der Waals surface area contributed by atoms with Crippen LogP contribution in [0.25, 0.3) is 0 Å². The monoisotopic (exact) mass is 365 g/mol. The van der Waals surface area contributed by atoms with Gasteiger partial charge in [0, 0.05) is 35.7 Å². The third kappa shape index (κ3) is 13.2. The highest BCUT2D eigenvalue weighted by Gasteiger charge is 2.23. The fourth-order valence-electron chi connectivity index (χ4n) is 1.50. The van der Waals surface area contributed by atoms with Crippen LogP contribution in [0.5, 0.6) is 0 Å². The Morgan fingerprint density at radius 2 is 1.56 bits per heavy atom. The van der Waals surface area contributed by atoms with Gasteiger partial charge in [0.05, 0.1) is 32.8 Å². The third-order valence-electron chi connectivity index (χ3n) is 3.15. The van der Waals surface area contributed by atoms with Gasteiger partial charge in [-0.25, -0.2) is 0 Å². The molecule has 0 atom stereocenters. The molecule has 1 rings (SSSR count). The number of aliphatic hydroxyl groups is 2. The summed E-state index contributed by atoms with van der Waals surface area (Å²) < 4.78 is 0. The molecule has 1 aliphatic rings. The Hall–Kier alpha value is -1.75. The molecular formula is C15H35N5O5. The lowest BCUT2D eigenvalue weighted by atomic mass is 10.3. The number of hydrogen-bond donors (Lipinski definition) is 4. The van der Waals surface area contributed by atoms with Gasteiger partial charge in [0.1, 0.15) is 0 Å². The van der Waals surface area contributed by atoms with Crippen molar-refractivity contribution in [2.24, 2.45) is 0 Å². The van der Waals surface area contributed by atoms with E-state index >= 15 is 0 Å². The summed E-state index contributed by atoms with van der Waals surface area (Å²) >= 11 is 0. The number of carbonyl (C=O) groups excluding carboxylic acids is 3. The van der Waals surface area contributed by atoms with E-state index in [1.54, 1.807) is 35.2 Å². The van der Waals surface area contributed by atoms with Crippen molar-refractivity contribution < 1.29 is 26.0 Å². The molecule has 0 unspecified atom stereocenters. The minimum absolute atomic E-state index is 0. The van der Waals surface area contributed by atoms with Crippen molar-refractivity contribution in [3.63, 3.8) is 0 Å². The van der Waals surface area contributed by atoms with Crippen molar-refractivity contribution in [2.45, 2.75) is 0 Å². The fourth-order valence-corrected chi connectivity index (χ4v) is 1.50. The zero-order valence-corrected chi connectivity index (χ0v) is 15.9. The summed E-state index contributed by atoms with van der Waals surface area (Å²) in [4.78, 5) is 37.0. The number of amides is 3. The Kier molecular flexibility index (Phi) is 16.1. The van der Waals surface area contributed by atoms with E-state index in [-0.39, 0.29) is 45.5 Å². The van der Waals surface area contributed by atoms with E-state index in [1.807, 2.05) is 0 Å². The van der Waals surface area contributed by atoms with Crippen molar-refractivity contribution in [1.29, 1.82) is 0 Å². The lowest BCUT2D eigenvalue weighted by molar-refractivity contribution is -0.147. The second-order valence-corrected chi connectivity index (χ2v) is 5.40. The molecule has 3 amide bonds. The average Bonchev–Trinajstić information content (AvgIpc) is 2.55. The number of nitrogens with zero attached hydrogens (tertiary/aromatic N) is 3. The molecule has 10 heteroatoms. The van der Waals surface area contributed by atoms with E-state index in [9.17, 15) is 14.4 Å². The zero-order valence-electron chi connectivity index (χ0n) is 15.9. The van der Waals surface area contributed by atoms with E-state index in [0.717, 1.165) is 0 Å². The largest absolute Gasteiger partial charge is 0.395 e. The Morgan fingerprint density at radius 1 is 1.08 bits per heavy atom. The predicted molar refractivity (Wildman–Crippen MR) is 97.1 cm³/mol. The van der Waals surface area contributed by atoms with E-state index in [2.05, 4.69) is 10.6 Å². The van der Waals surface area contributed by atoms with Gasteiger partial charge < -0.3 is 35.5 Å². The molecule has 0 aliphatic carbocycles. The quantitative estimate of drug-likeness (QED) is 0.396. The molecule has 1 aliphatic heterocycles. The molecule has 25 heavy (non-hydrogen) atoms. The first-order chi connectivity index (χ1) is 11.7. The first kappa shape index (κ1) is 25.5. The van der Waals surface area contributed by atoms with Crippen LogP contribution in [0.4, 0.5) is 0 Å². The standard InChI is InChI=1S/C6H10N2O2.C6H14N2O2.C3H9NO.H2/c1-7-3-6(10)8(2)4-5(7)9;1-7-5-6(10)8(2)3-4-9;1-4-2-3-5;/h3-4H2,1-2H3;7,9H,3-5H2,1-2H3;4-5H,2-3H2,1H3;1H. The van der Waals surface area contributed by atoms with Gasteiger partial charge in [-0.2, -0.15) is 0 Å². The molecule has 0 aromatic carbocycles. The number of aliphatic hydroxyl groups excluding tert-OH is 2. The smallest absolute Gasteiger partial charge is 0.242 e. The number of hydrogen-bond acceptors (Lipinski definition) is 7. The van der Waals surface area contributed by atoms with Gasteiger partial charge in [-0.05, 0) is 14.1 Å². The summed E-state index contributed by atoms with van der Waals surface area (Å²) in [6.07, 6.45) is 0. The van der Waals surface area contributed by atoms with E-state index in [1.165, 1.54) is 14.7 Å². The van der Waals surface area contributed by atoms with Crippen LogP contribution in [0.1, 0.15) is 1.43 Å². The number of rotatable bonds is 6. The van der Waals surface area contributed by atoms with Crippen LogP contribution in [0.3, 0.4) is 0 Å². The summed E-state index contributed by atoms with van der Waals surface area (Å²) in [6.45, 7) is 2.12. The minimum Gasteiger partial charge on any atom is -0.395 e. The summed E-state index contributed by atoms with van der Waals surface area (Å²) in [6, 6.07) is 0. The average molecular weight is 365 g/mol. The van der Waals surface area contributed by atoms with Crippen LogP contribution in [-0.2, 0) is 14.4 Å². The summed E-state index contributed by atoms with van der Waals surface area (Å²) in [5.74, 6) is 0.000694. The Bertz CT molecular complexity index is 379. The van der Waals surface area contributed by atoms with Crippen LogP contribution in [0.15, 0.2) is 0 Å². The fraction of sp³-hybridized carbons (Fsp3) is 0.800. The summed E-state index contributed by atoms with van der Waals surface area (Å²) in [7, 11) is 8.44. The molecule has 0 aromatic rings. The molecule has 4 N–H and O–H groups in total. The maximum absolute atomic E-state index is 10.9. The molecule has 0 saturated carbocycles. The first-order valence-electron chi connectivity index (χ1n) is 7.97. The molecule has 1 fully saturated rings. The molecular weight excluding hydrogens is 330 g/mol. The SMILES string of the molecule is CN1CC(=O)N(C)CC1=O.CNCC(=O)N(C)CCO.CNCCO.[HH]. The maximum Gasteiger partial charge on any atom is 0.242 e. The second kappa shape index (κ2) is 15.8. The van der Waals surface area contributed by atoms with Crippen LogP contribution in [0, 0.1) is 0 Å². The molecule has 1 heterocycles. The van der Waals surface area contributed by atoms with Crippen molar-refractivity contribution in [3.05, 3.63) is 0 Å². The van der Waals surface area contributed by atoms with E-state index in [4.69, 9.17) is 10.2 Å². The summed E-state index contributed by atoms with van der Waals surface area (Å²) in [5, 5.41) is 21.9. The van der Waals surface area contributed by atoms with E-state index in [0.29, 0.717) is 19.6 Å². The van der Waals surface area contributed by atoms with Crippen molar-refractivity contribution in [1.82, 2.24) is 25.3 Å². The lowest BCUT2D eigenvalue weighted by Gasteiger charge is -2.28. The van der Waals surface area contributed by atoms with Crippen LogP contribution in [-0.4, -0.2) is 124 Å². The predicted octanol–water partition coefficient (Wildman–Crippen LogP) is -2.98. The van der Waals surface area contributed by atoms with Crippen LogP contribution >= 0.6 is 0 Å². The Morgan fingerprint density at radius 3 is 1.84 bits per heavy atom. The maximum atomic E-state index is 10.9. The number of carbonyl (C=O) groups is 3. The molecule has 0 radical (unpaired) electrons. The van der Waals surface area contributed by atoms with Crippen molar-refractivity contribution >= 4 is 17.7 Å². The van der Waals surface area contributed by atoms with Crippen molar-refractivity contribution in [2.75, 3.05) is 81.2 Å². The molecule has 0 spiro atoms. The Labute approximate surface area is 151 Å². The molecule has 10 nitrogen and oxygen atoms in total. The first-order valence-corrected chi connectivity index (χ1v) is 7.97. The van der Waals surface area contributed by atoms with Crippen LogP contribution in [0.2, 0.25) is 0 Å². The van der Waals surface area contributed by atoms with Crippen molar-refractivity contribution in [3.8, 4) is 0 Å². The van der Waals surface area contributed by atoms with Gasteiger partial charge in [-0.3, -0.25) is 14.4 Å². The number of piperazine rings is 1. The normalized spacial score (nSPS) is 13.6. The third-order valence-corrected chi connectivity index (χ3v) is 3.15. The van der Waals surface area contributed by atoms with E-state index < -0.39 is 0 Å². The minimum atomic E-state index is -0.00319. The number of nitrogens with one attached hydrogen (secondary N) is 2. The molecule has 1 saturated heterocycles. The van der Waals surface area contributed by atoms with Gasteiger partial charge in [0.2, 0.25) is 17.7 Å². The number of likely N-dealkylation sites (N-methyl/N-ethyl adjacent to an activating group) is 5. The van der Waals surface area contributed by atoms with Gasteiger partial charge >= 0.3 is 0 Å².